The van der Waals surface area contributed by atoms with Crippen molar-refractivity contribution >= 4 is 5.82 Å². The number of nitrogens with two attached hydrogens (primary N) is 1. The summed E-state index contributed by atoms with van der Waals surface area (Å²) in [7, 11) is 0. The summed E-state index contributed by atoms with van der Waals surface area (Å²) < 4.78 is 2.00. The smallest absolute Gasteiger partial charge is 0.266 e. The number of rotatable bonds is 1. The maximum Gasteiger partial charge on any atom is 0.266 e. The van der Waals surface area contributed by atoms with Crippen molar-refractivity contribution in [3.63, 3.8) is 0 Å². The van der Waals surface area contributed by atoms with Crippen molar-refractivity contribution in [2.45, 2.75) is 44.1 Å². The first-order valence-electron chi connectivity index (χ1n) is 6.73. The lowest BCUT2D eigenvalue weighted by Crippen LogP contribution is -2.52. The van der Waals surface area contributed by atoms with Gasteiger partial charge in [-0.25, -0.2) is 0 Å². The maximum absolute atomic E-state index is 11.4. The van der Waals surface area contributed by atoms with Gasteiger partial charge in [0.1, 0.15) is 5.82 Å². The zero-order chi connectivity index (χ0) is 11.6. The van der Waals surface area contributed by atoms with E-state index in [9.17, 15) is 4.79 Å². The van der Waals surface area contributed by atoms with Gasteiger partial charge in [-0.1, -0.05) is 0 Å². The number of nitrogen functional groups attached to an aromatic ring is 1. The van der Waals surface area contributed by atoms with E-state index in [1.54, 1.807) is 0 Å². The molecule has 5 rings (SSSR count). The van der Waals surface area contributed by atoms with Gasteiger partial charge < -0.3 is 5.73 Å². The van der Waals surface area contributed by atoms with Crippen LogP contribution in [0.5, 0.6) is 0 Å². The average Bonchev–Trinajstić information content (AvgIpc) is 2.56. The van der Waals surface area contributed by atoms with Crippen LogP contribution in [0.3, 0.4) is 0 Å². The van der Waals surface area contributed by atoms with Crippen LogP contribution in [-0.4, -0.2) is 9.78 Å². The molecule has 0 radical (unpaired) electrons. The lowest BCUT2D eigenvalue weighted by Gasteiger charge is -2.57. The van der Waals surface area contributed by atoms with Crippen molar-refractivity contribution in [1.29, 1.82) is 0 Å². The van der Waals surface area contributed by atoms with Crippen molar-refractivity contribution < 1.29 is 0 Å². The number of hydrogen-bond acceptors (Lipinski definition) is 2. The Morgan fingerprint density at radius 1 is 1.18 bits per heavy atom. The third-order valence-electron chi connectivity index (χ3n) is 5.24. The first-order valence-corrected chi connectivity index (χ1v) is 6.73. The highest BCUT2D eigenvalue weighted by atomic mass is 16.1. The van der Waals surface area contributed by atoms with Crippen molar-refractivity contribution in [1.82, 2.24) is 9.78 Å². The minimum absolute atomic E-state index is 0.0572. The van der Waals surface area contributed by atoms with Crippen LogP contribution in [-0.2, 0) is 5.54 Å². The highest BCUT2D eigenvalue weighted by molar-refractivity contribution is 5.29. The molecular weight excluding hydrogens is 214 g/mol. The number of aromatic nitrogens is 2. The predicted molar refractivity (Wildman–Crippen MR) is 65.6 cm³/mol. The van der Waals surface area contributed by atoms with Gasteiger partial charge in [-0.15, -0.1) is 0 Å². The van der Waals surface area contributed by atoms with Gasteiger partial charge >= 0.3 is 0 Å². The van der Waals surface area contributed by atoms with Gasteiger partial charge in [-0.2, -0.15) is 0 Å². The molecule has 1 aromatic heterocycles. The molecule has 1 heterocycles. The van der Waals surface area contributed by atoms with Gasteiger partial charge in [-0.3, -0.25) is 14.6 Å². The number of hydrogen-bond donors (Lipinski definition) is 2. The van der Waals surface area contributed by atoms with E-state index < -0.39 is 0 Å². The second-order valence-electron chi connectivity index (χ2n) is 6.52. The van der Waals surface area contributed by atoms with Crippen molar-refractivity contribution in [2.24, 2.45) is 17.8 Å². The molecule has 0 amide bonds. The summed E-state index contributed by atoms with van der Waals surface area (Å²) in [6, 6.07) is 1.53. The Balaban J connectivity index is 1.82. The minimum Gasteiger partial charge on any atom is -0.384 e. The predicted octanol–water partition coefficient (Wildman–Crippen LogP) is 1.68. The van der Waals surface area contributed by atoms with E-state index in [0.717, 1.165) is 17.8 Å². The zero-order valence-electron chi connectivity index (χ0n) is 9.98. The highest BCUT2D eigenvalue weighted by Crippen LogP contribution is 2.58. The second kappa shape index (κ2) is 2.98. The number of nitrogens with zero attached hydrogens (tertiary/aromatic N) is 1. The fraction of sp³-hybridized carbons (Fsp3) is 0.769. The molecule has 0 unspecified atom stereocenters. The van der Waals surface area contributed by atoms with E-state index in [2.05, 4.69) is 5.10 Å². The molecule has 0 aliphatic heterocycles. The molecule has 0 saturated heterocycles. The van der Waals surface area contributed by atoms with E-state index in [1.165, 1.54) is 44.6 Å². The highest BCUT2D eigenvalue weighted by Gasteiger charge is 2.52. The van der Waals surface area contributed by atoms with E-state index in [4.69, 9.17) is 5.73 Å². The molecule has 4 heteroatoms. The number of aromatic amines is 1. The van der Waals surface area contributed by atoms with Crippen LogP contribution < -0.4 is 11.3 Å². The van der Waals surface area contributed by atoms with Crippen LogP contribution in [0.15, 0.2) is 10.9 Å². The van der Waals surface area contributed by atoms with Crippen molar-refractivity contribution in [3.8, 4) is 0 Å². The first-order chi connectivity index (χ1) is 8.14. The molecule has 4 aliphatic carbocycles. The molecule has 17 heavy (non-hydrogen) atoms. The SMILES string of the molecule is Nc1cc(=O)[nH]n1C12CC3CC(CC(C3)C1)C2. The third kappa shape index (κ3) is 1.27. The summed E-state index contributed by atoms with van der Waals surface area (Å²) in [6.45, 7) is 0. The van der Waals surface area contributed by atoms with Crippen molar-refractivity contribution in [3.05, 3.63) is 16.4 Å². The number of nitrogens with one attached hydrogen (secondary N) is 1. The molecule has 4 saturated carbocycles. The molecule has 92 valence electrons. The Morgan fingerprint density at radius 2 is 1.71 bits per heavy atom. The number of anilines is 1. The summed E-state index contributed by atoms with van der Waals surface area (Å²) in [4.78, 5) is 11.4. The Bertz CT molecular complexity index is 478. The van der Waals surface area contributed by atoms with E-state index in [-0.39, 0.29) is 11.1 Å². The van der Waals surface area contributed by atoms with Gasteiger partial charge in [0.15, 0.2) is 0 Å². The molecule has 0 spiro atoms. The fourth-order valence-electron chi connectivity index (χ4n) is 5.14. The standard InChI is InChI=1S/C13H19N3O/c14-11-4-12(17)15-16(11)13-5-8-1-9(6-13)3-10(2-8)7-13/h4,8-10H,1-3,5-7,14H2,(H,15,17). The fourth-order valence-corrected chi connectivity index (χ4v) is 5.14. The average molecular weight is 233 g/mol. The van der Waals surface area contributed by atoms with Crippen molar-refractivity contribution in [2.75, 3.05) is 5.73 Å². The van der Waals surface area contributed by atoms with Crippen LogP contribution >= 0.6 is 0 Å². The summed E-state index contributed by atoms with van der Waals surface area (Å²) in [5.74, 6) is 3.22. The van der Waals surface area contributed by atoms with E-state index >= 15 is 0 Å². The number of H-pyrrole nitrogens is 1. The van der Waals surface area contributed by atoms with Crippen LogP contribution in [0.2, 0.25) is 0 Å². The van der Waals surface area contributed by atoms with Gasteiger partial charge in [0.2, 0.25) is 0 Å². The maximum atomic E-state index is 11.4. The quantitative estimate of drug-likeness (QED) is 0.775. The van der Waals surface area contributed by atoms with Gasteiger partial charge in [-0.05, 0) is 56.3 Å². The molecule has 0 atom stereocenters. The molecule has 0 aromatic carbocycles. The van der Waals surface area contributed by atoms with Gasteiger partial charge in [0.25, 0.3) is 5.56 Å². The Labute approximate surface area is 100 Å². The van der Waals surface area contributed by atoms with Gasteiger partial charge in [0, 0.05) is 6.07 Å². The van der Waals surface area contributed by atoms with Crippen LogP contribution in [0.4, 0.5) is 5.82 Å². The normalized spacial score (nSPS) is 43.2. The first kappa shape index (κ1) is 9.80. The Hall–Kier alpha value is -1.19. The van der Waals surface area contributed by atoms with E-state index in [1.807, 2.05) is 4.68 Å². The van der Waals surface area contributed by atoms with Crippen LogP contribution in [0.25, 0.3) is 0 Å². The van der Waals surface area contributed by atoms with Crippen LogP contribution in [0.1, 0.15) is 38.5 Å². The van der Waals surface area contributed by atoms with Crippen LogP contribution in [0, 0.1) is 17.8 Å². The van der Waals surface area contributed by atoms with E-state index in [0.29, 0.717) is 5.82 Å². The summed E-state index contributed by atoms with van der Waals surface area (Å²) in [5, 5.41) is 2.94. The lowest BCUT2D eigenvalue weighted by molar-refractivity contribution is -0.0483. The molecule has 3 N–H and O–H groups in total. The minimum atomic E-state index is -0.0572. The third-order valence-corrected chi connectivity index (χ3v) is 5.24. The molecule has 4 fully saturated rings. The second-order valence-corrected chi connectivity index (χ2v) is 6.52. The molecule has 4 bridgehead atoms. The summed E-state index contributed by atoms with van der Waals surface area (Å²) >= 11 is 0. The Morgan fingerprint density at radius 3 is 2.12 bits per heavy atom. The zero-order valence-corrected chi connectivity index (χ0v) is 9.98. The molecular formula is C13H19N3O. The summed E-state index contributed by atoms with van der Waals surface area (Å²) in [6.07, 6.45) is 7.87. The lowest BCUT2D eigenvalue weighted by atomic mass is 9.53. The molecule has 4 nitrogen and oxygen atoms in total. The molecule has 1 aromatic rings. The topological polar surface area (TPSA) is 63.8 Å². The van der Waals surface area contributed by atoms with Gasteiger partial charge in [0.05, 0.1) is 5.54 Å². The summed E-state index contributed by atoms with van der Waals surface area (Å²) in [5.41, 5.74) is 6.08. The Kier molecular flexibility index (Phi) is 1.72. The molecule has 4 aliphatic rings. The largest absolute Gasteiger partial charge is 0.384 e. The monoisotopic (exact) mass is 233 g/mol.